The number of rotatable bonds is 3. The third-order valence-corrected chi connectivity index (χ3v) is 5.50. The molecule has 1 aromatic carbocycles. The summed E-state index contributed by atoms with van der Waals surface area (Å²) in [7, 11) is 0. The van der Waals surface area contributed by atoms with E-state index in [1.54, 1.807) is 12.1 Å². The molecule has 2 amide bonds. The van der Waals surface area contributed by atoms with Gasteiger partial charge >= 0.3 is 0 Å². The fraction of sp³-hybridized carbons (Fsp3) is 0.524. The molecule has 26 heavy (non-hydrogen) atoms. The van der Waals surface area contributed by atoms with Crippen LogP contribution in [-0.2, 0) is 4.79 Å². The molecule has 2 fully saturated rings. The lowest BCUT2D eigenvalue weighted by Gasteiger charge is -2.32. The summed E-state index contributed by atoms with van der Waals surface area (Å²) in [6.07, 6.45) is 7.62. The number of hydrogen-bond acceptors (Lipinski definition) is 2. The lowest BCUT2D eigenvalue weighted by atomic mass is 9.87. The fourth-order valence-electron chi connectivity index (χ4n) is 3.70. The largest absolute Gasteiger partial charge is 0.349 e. The van der Waals surface area contributed by atoms with E-state index in [0.717, 1.165) is 18.8 Å². The Bertz CT molecular complexity index is 683. The Morgan fingerprint density at radius 3 is 2.42 bits per heavy atom. The molecule has 5 heteroatoms. The minimum absolute atomic E-state index is 0.0191. The second-order valence-electron chi connectivity index (χ2n) is 7.54. The van der Waals surface area contributed by atoms with Crippen molar-refractivity contribution < 1.29 is 14.0 Å². The molecule has 1 saturated heterocycles. The van der Waals surface area contributed by atoms with Gasteiger partial charge in [-0.1, -0.05) is 24.6 Å². The van der Waals surface area contributed by atoms with Crippen molar-refractivity contribution >= 4 is 11.8 Å². The van der Waals surface area contributed by atoms with Crippen LogP contribution in [-0.4, -0.2) is 35.8 Å². The van der Waals surface area contributed by atoms with Crippen LogP contribution in [0.2, 0.25) is 0 Å². The maximum atomic E-state index is 13.7. The molecule has 1 aromatic rings. The standard InChI is InChI=1S/C21H27FN2O2/c1-15-6-8-16(9-7-15)14-20(25)24-12-10-17(11-13-24)23-21(26)18-4-2-3-5-19(18)22/h2-5,14-15,17H,6-13H2,1H3,(H,23,26). The normalized spacial score (nSPS) is 21.4. The van der Waals surface area contributed by atoms with E-state index in [-0.39, 0.29) is 23.4 Å². The van der Waals surface area contributed by atoms with Gasteiger partial charge in [-0.05, 0) is 56.6 Å². The van der Waals surface area contributed by atoms with E-state index in [9.17, 15) is 14.0 Å². The van der Waals surface area contributed by atoms with Gasteiger partial charge in [0.25, 0.3) is 5.91 Å². The summed E-state index contributed by atoms with van der Waals surface area (Å²) < 4.78 is 13.7. The third kappa shape index (κ3) is 4.71. The van der Waals surface area contributed by atoms with Gasteiger partial charge in [0.05, 0.1) is 5.56 Å². The van der Waals surface area contributed by atoms with Gasteiger partial charge in [-0.3, -0.25) is 9.59 Å². The lowest BCUT2D eigenvalue weighted by molar-refractivity contribution is -0.127. The van der Waals surface area contributed by atoms with Crippen molar-refractivity contribution in [2.24, 2.45) is 5.92 Å². The summed E-state index contributed by atoms with van der Waals surface area (Å²) in [5, 5.41) is 2.89. The van der Waals surface area contributed by atoms with Crippen LogP contribution in [0.5, 0.6) is 0 Å². The number of likely N-dealkylation sites (tertiary alicyclic amines) is 1. The number of benzene rings is 1. The monoisotopic (exact) mass is 358 g/mol. The Labute approximate surface area is 154 Å². The van der Waals surface area contributed by atoms with E-state index in [0.29, 0.717) is 25.9 Å². The van der Waals surface area contributed by atoms with E-state index in [4.69, 9.17) is 0 Å². The number of nitrogens with zero attached hydrogens (tertiary/aromatic N) is 1. The predicted molar refractivity (Wildman–Crippen MR) is 99.2 cm³/mol. The summed E-state index contributed by atoms with van der Waals surface area (Å²) in [5.74, 6) is -0.0400. The first-order valence-electron chi connectivity index (χ1n) is 9.56. The van der Waals surface area contributed by atoms with Crippen molar-refractivity contribution in [1.29, 1.82) is 0 Å². The minimum Gasteiger partial charge on any atom is -0.349 e. The zero-order chi connectivity index (χ0) is 18.5. The molecule has 3 rings (SSSR count). The zero-order valence-corrected chi connectivity index (χ0v) is 15.3. The lowest BCUT2D eigenvalue weighted by Crippen LogP contribution is -2.46. The molecule has 0 bridgehead atoms. The highest BCUT2D eigenvalue weighted by Crippen LogP contribution is 2.27. The number of nitrogens with one attached hydrogen (secondary N) is 1. The molecule has 0 unspecified atom stereocenters. The quantitative estimate of drug-likeness (QED) is 0.838. The molecular formula is C21H27FN2O2. The van der Waals surface area contributed by atoms with Crippen molar-refractivity contribution in [2.45, 2.75) is 51.5 Å². The van der Waals surface area contributed by atoms with E-state index >= 15 is 0 Å². The Hall–Kier alpha value is -2.17. The smallest absolute Gasteiger partial charge is 0.254 e. The van der Waals surface area contributed by atoms with Gasteiger partial charge in [0.15, 0.2) is 0 Å². The molecule has 140 valence electrons. The number of halogens is 1. The number of allylic oxidation sites excluding steroid dienone is 1. The summed E-state index contributed by atoms with van der Waals surface area (Å²) in [4.78, 5) is 26.5. The van der Waals surface area contributed by atoms with Crippen LogP contribution in [0.4, 0.5) is 4.39 Å². The van der Waals surface area contributed by atoms with Gasteiger partial charge in [0.1, 0.15) is 5.82 Å². The Morgan fingerprint density at radius 2 is 1.77 bits per heavy atom. The Balaban J connectivity index is 1.48. The van der Waals surface area contributed by atoms with Crippen molar-refractivity contribution in [3.05, 3.63) is 47.3 Å². The molecule has 0 radical (unpaired) electrons. The van der Waals surface area contributed by atoms with Crippen LogP contribution in [0.15, 0.2) is 35.9 Å². The highest BCUT2D eigenvalue weighted by Gasteiger charge is 2.24. The first kappa shape index (κ1) is 18.6. The highest BCUT2D eigenvalue weighted by atomic mass is 19.1. The highest BCUT2D eigenvalue weighted by molar-refractivity contribution is 5.94. The second kappa shape index (κ2) is 8.47. The van der Waals surface area contributed by atoms with Crippen LogP contribution < -0.4 is 5.32 Å². The Kier molecular flexibility index (Phi) is 6.07. The van der Waals surface area contributed by atoms with Gasteiger partial charge in [-0.15, -0.1) is 0 Å². The topological polar surface area (TPSA) is 49.4 Å². The number of carbonyl (C=O) groups is 2. The van der Waals surface area contributed by atoms with Crippen molar-refractivity contribution in [3.63, 3.8) is 0 Å². The molecule has 1 saturated carbocycles. The van der Waals surface area contributed by atoms with E-state index in [2.05, 4.69) is 12.2 Å². The van der Waals surface area contributed by atoms with Crippen molar-refractivity contribution in [3.8, 4) is 0 Å². The molecule has 0 aromatic heterocycles. The molecule has 1 aliphatic carbocycles. The third-order valence-electron chi connectivity index (χ3n) is 5.50. The molecule has 0 atom stereocenters. The number of hydrogen-bond donors (Lipinski definition) is 1. The van der Waals surface area contributed by atoms with Crippen LogP contribution in [0.25, 0.3) is 0 Å². The maximum Gasteiger partial charge on any atom is 0.254 e. The zero-order valence-electron chi connectivity index (χ0n) is 15.3. The Morgan fingerprint density at radius 1 is 1.12 bits per heavy atom. The number of piperidine rings is 1. The van der Waals surface area contributed by atoms with Gasteiger partial charge in [-0.2, -0.15) is 0 Å². The maximum absolute atomic E-state index is 13.7. The van der Waals surface area contributed by atoms with Gasteiger partial charge in [-0.25, -0.2) is 4.39 Å². The predicted octanol–water partition coefficient (Wildman–Crippen LogP) is 3.68. The van der Waals surface area contributed by atoms with Crippen molar-refractivity contribution in [2.75, 3.05) is 13.1 Å². The van der Waals surface area contributed by atoms with Crippen molar-refractivity contribution in [1.82, 2.24) is 10.2 Å². The number of carbonyl (C=O) groups excluding carboxylic acids is 2. The minimum atomic E-state index is -0.508. The summed E-state index contributed by atoms with van der Waals surface area (Å²) >= 11 is 0. The van der Waals surface area contributed by atoms with Crippen LogP contribution in [0.3, 0.4) is 0 Å². The summed E-state index contributed by atoms with van der Waals surface area (Å²) in [6, 6.07) is 5.97. The molecule has 4 nitrogen and oxygen atoms in total. The average Bonchev–Trinajstić information content (AvgIpc) is 2.64. The average molecular weight is 358 g/mol. The number of amides is 2. The molecular weight excluding hydrogens is 331 g/mol. The van der Waals surface area contributed by atoms with Gasteiger partial charge in [0.2, 0.25) is 5.91 Å². The van der Waals surface area contributed by atoms with Gasteiger partial charge < -0.3 is 10.2 Å². The van der Waals surface area contributed by atoms with Crippen LogP contribution in [0.1, 0.15) is 55.8 Å². The van der Waals surface area contributed by atoms with Crippen LogP contribution >= 0.6 is 0 Å². The van der Waals surface area contributed by atoms with E-state index < -0.39 is 5.82 Å². The van der Waals surface area contributed by atoms with E-state index in [1.807, 2.05) is 11.0 Å². The van der Waals surface area contributed by atoms with Gasteiger partial charge in [0, 0.05) is 25.2 Å². The summed E-state index contributed by atoms with van der Waals surface area (Å²) in [5.41, 5.74) is 1.34. The molecule has 1 aliphatic heterocycles. The van der Waals surface area contributed by atoms with E-state index in [1.165, 1.54) is 30.5 Å². The molecule has 0 spiro atoms. The first-order chi connectivity index (χ1) is 12.5. The SMILES string of the molecule is CC1CCC(=CC(=O)N2CCC(NC(=O)c3ccccc3F)CC2)CC1. The molecule has 1 N–H and O–H groups in total. The molecule has 2 aliphatic rings. The first-order valence-corrected chi connectivity index (χ1v) is 9.56. The fourth-order valence-corrected chi connectivity index (χ4v) is 3.70. The molecule has 1 heterocycles. The van der Waals surface area contributed by atoms with Crippen LogP contribution in [0, 0.1) is 11.7 Å². The summed E-state index contributed by atoms with van der Waals surface area (Å²) in [6.45, 7) is 3.52. The second-order valence-corrected chi connectivity index (χ2v) is 7.54.